The first-order valence-corrected chi connectivity index (χ1v) is 12.9. The molecule has 1 heterocycles. The fourth-order valence-corrected chi connectivity index (χ4v) is 6.55. The second-order valence-corrected chi connectivity index (χ2v) is 11.9. The topological polar surface area (TPSA) is 87.6 Å². The Morgan fingerprint density at radius 1 is 0.885 bits per heavy atom. The Bertz CT molecular complexity index is 483. The molecular weight excluding hydrogens is 374 g/mol. The molecule has 0 spiro atoms. The van der Waals surface area contributed by atoms with Gasteiger partial charge >= 0.3 is 0 Å². The van der Waals surface area contributed by atoms with E-state index < -0.39 is 27.1 Å². The zero-order valence-electron chi connectivity index (χ0n) is 16.8. The Balaban J connectivity index is 2.76. The maximum Gasteiger partial charge on any atom is 0.226 e. The lowest BCUT2D eigenvalue weighted by Crippen LogP contribution is -2.42. The summed E-state index contributed by atoms with van der Waals surface area (Å²) in [6.07, 6.45) is 2.00. The lowest BCUT2D eigenvalue weighted by Gasteiger charge is -2.34. The minimum absolute atomic E-state index is 0.489. The fourth-order valence-electron chi connectivity index (χ4n) is 3.20. The third-order valence-electron chi connectivity index (χ3n) is 5.17. The van der Waals surface area contributed by atoms with Crippen LogP contribution in [0, 0.1) is 0 Å². The summed E-state index contributed by atoms with van der Waals surface area (Å²) in [4.78, 5) is 28.3. The molecule has 3 unspecified atom stereocenters. The highest BCUT2D eigenvalue weighted by Crippen LogP contribution is 2.52. The van der Waals surface area contributed by atoms with E-state index in [2.05, 4.69) is 35.8 Å². The summed E-state index contributed by atoms with van der Waals surface area (Å²) < 4.78 is 23.6. The minimum atomic E-state index is -3.67. The molecule has 10 heteroatoms. The molecule has 0 aromatic rings. The molecule has 0 bridgehead atoms. The zero-order valence-corrected chi connectivity index (χ0v) is 18.7. The normalized spacial score (nSPS) is 26.7. The molecule has 156 valence electrons. The Hall–Kier alpha value is 0.220. The van der Waals surface area contributed by atoms with Gasteiger partial charge in [-0.25, -0.2) is 0 Å². The van der Waals surface area contributed by atoms with Crippen LogP contribution in [-0.2, 0) is 9.13 Å². The summed E-state index contributed by atoms with van der Waals surface area (Å²) in [5.74, 6) is -1.08. The lowest BCUT2D eigenvalue weighted by atomic mass is 10.3. The van der Waals surface area contributed by atoms with Gasteiger partial charge in [-0.2, -0.15) is 0 Å². The quantitative estimate of drug-likeness (QED) is 0.660. The Morgan fingerprint density at radius 2 is 1.31 bits per heavy atom. The van der Waals surface area contributed by atoms with E-state index in [4.69, 9.17) is 4.89 Å². The van der Waals surface area contributed by atoms with Crippen molar-refractivity contribution in [1.82, 2.24) is 19.6 Å². The molecule has 0 aromatic heterocycles. The van der Waals surface area contributed by atoms with Crippen LogP contribution in [0.25, 0.3) is 0 Å². The maximum absolute atomic E-state index is 12.5. The summed E-state index contributed by atoms with van der Waals surface area (Å²) in [5, 5.41) is 0. The summed E-state index contributed by atoms with van der Waals surface area (Å²) in [6, 6.07) is 0. The molecule has 1 saturated heterocycles. The second-order valence-electron chi connectivity index (χ2n) is 7.59. The van der Waals surface area contributed by atoms with Crippen LogP contribution < -0.4 is 0 Å². The van der Waals surface area contributed by atoms with Crippen molar-refractivity contribution in [2.75, 3.05) is 79.4 Å². The molecule has 0 radical (unpaired) electrons. The van der Waals surface area contributed by atoms with Crippen molar-refractivity contribution >= 4 is 15.4 Å². The van der Waals surface area contributed by atoms with Gasteiger partial charge in [-0.1, -0.05) is 0 Å². The maximum atomic E-state index is 12.5. The number of rotatable bonds is 4. The predicted molar refractivity (Wildman–Crippen MR) is 109 cm³/mol. The van der Waals surface area contributed by atoms with Crippen LogP contribution in [0.4, 0.5) is 0 Å². The van der Waals surface area contributed by atoms with Crippen LogP contribution in [-0.4, -0.2) is 115 Å². The third kappa shape index (κ3) is 9.43. The molecule has 1 rings (SSSR count). The van der Waals surface area contributed by atoms with Crippen molar-refractivity contribution < 1.29 is 18.9 Å². The van der Waals surface area contributed by atoms with Crippen LogP contribution in [0.3, 0.4) is 0 Å². The van der Waals surface area contributed by atoms with Gasteiger partial charge in [-0.3, -0.25) is 14.0 Å². The molecule has 0 saturated carbocycles. The summed E-state index contributed by atoms with van der Waals surface area (Å²) in [7, 11) is -0.289. The van der Waals surface area contributed by atoms with Crippen molar-refractivity contribution in [3.8, 4) is 0 Å². The van der Waals surface area contributed by atoms with Gasteiger partial charge < -0.3 is 24.5 Å². The summed E-state index contributed by atoms with van der Waals surface area (Å²) in [6.45, 7) is 8.97. The summed E-state index contributed by atoms with van der Waals surface area (Å²) in [5.41, 5.74) is 0. The minimum Gasteiger partial charge on any atom is -0.346 e. The largest absolute Gasteiger partial charge is 0.346 e. The highest BCUT2D eigenvalue weighted by atomic mass is 31.2. The van der Waals surface area contributed by atoms with Gasteiger partial charge in [0.25, 0.3) is 0 Å². The Morgan fingerprint density at radius 3 is 1.77 bits per heavy atom. The number of nitrogens with zero attached hydrogens (tertiary/aromatic N) is 4. The van der Waals surface area contributed by atoms with Crippen LogP contribution in [0.2, 0.25) is 0 Å². The van der Waals surface area contributed by atoms with E-state index in [1.807, 2.05) is 4.90 Å². The van der Waals surface area contributed by atoms with Gasteiger partial charge in [0.1, 0.15) is 5.90 Å². The molecule has 0 aliphatic carbocycles. The van der Waals surface area contributed by atoms with E-state index in [0.717, 1.165) is 52.1 Å². The smallest absolute Gasteiger partial charge is 0.226 e. The first-order valence-electron chi connectivity index (χ1n) is 9.45. The highest BCUT2D eigenvalue weighted by molar-refractivity contribution is 7.68. The van der Waals surface area contributed by atoms with Gasteiger partial charge in [0.15, 0.2) is 8.03 Å². The van der Waals surface area contributed by atoms with E-state index >= 15 is 0 Å². The van der Waals surface area contributed by atoms with Gasteiger partial charge in [0.05, 0.1) is 5.78 Å². The van der Waals surface area contributed by atoms with Crippen molar-refractivity contribution in [2.24, 2.45) is 0 Å². The van der Waals surface area contributed by atoms with Gasteiger partial charge in [0.2, 0.25) is 7.37 Å². The first-order chi connectivity index (χ1) is 12.1. The Labute approximate surface area is 159 Å². The van der Waals surface area contributed by atoms with Crippen molar-refractivity contribution in [2.45, 2.75) is 25.5 Å². The molecule has 0 amide bonds. The number of hydrogen-bond acceptors (Lipinski definition) is 6. The molecule has 26 heavy (non-hydrogen) atoms. The van der Waals surface area contributed by atoms with Crippen molar-refractivity contribution in [3.05, 3.63) is 0 Å². The van der Waals surface area contributed by atoms with E-state index in [1.54, 1.807) is 6.92 Å². The molecular formula is C16H38N4O4P2. The van der Waals surface area contributed by atoms with Crippen LogP contribution in [0.5, 0.6) is 0 Å². The molecule has 1 fully saturated rings. The van der Waals surface area contributed by atoms with E-state index in [-0.39, 0.29) is 0 Å². The zero-order chi connectivity index (χ0) is 19.7. The van der Waals surface area contributed by atoms with Gasteiger partial charge in [0, 0.05) is 32.7 Å². The van der Waals surface area contributed by atoms with Gasteiger partial charge in [-0.05, 0) is 60.5 Å². The average molecular weight is 412 g/mol. The standard InChI is InChI=1S/C16H38N4O4P2/c1-16(26(23,24)15-25(21)22)20-10-6-9-18(3)12-11-17(2)7-5-8-19(4)13-14-20/h16,25H,5-15H2,1-4H3,(H,21,22)(H,23,24). The highest BCUT2D eigenvalue weighted by Gasteiger charge is 2.33. The first kappa shape index (κ1) is 24.3. The molecule has 2 N–H and O–H groups in total. The number of hydrogen-bond donors (Lipinski definition) is 2. The van der Waals surface area contributed by atoms with Crippen LogP contribution >= 0.6 is 15.4 Å². The third-order valence-corrected chi connectivity index (χ3v) is 9.56. The summed E-state index contributed by atoms with van der Waals surface area (Å²) >= 11 is 0. The Kier molecular flexibility index (Phi) is 11.1. The molecule has 8 nitrogen and oxygen atoms in total. The SMILES string of the molecule is CC(N1CCCN(C)CCN(C)CCCN(C)CC1)P(=O)(O)C[PH](=O)O. The van der Waals surface area contributed by atoms with Crippen LogP contribution in [0.15, 0.2) is 0 Å². The molecule has 1 aliphatic rings. The van der Waals surface area contributed by atoms with E-state index in [1.165, 1.54) is 0 Å². The number of likely N-dealkylation sites (N-methyl/N-ethyl adjacent to an activating group) is 3. The molecule has 1 aliphatic heterocycles. The van der Waals surface area contributed by atoms with Crippen LogP contribution in [0.1, 0.15) is 19.8 Å². The van der Waals surface area contributed by atoms with E-state index in [9.17, 15) is 14.0 Å². The average Bonchev–Trinajstić information content (AvgIpc) is 2.53. The van der Waals surface area contributed by atoms with Gasteiger partial charge in [-0.15, -0.1) is 0 Å². The van der Waals surface area contributed by atoms with Crippen molar-refractivity contribution in [1.29, 1.82) is 0 Å². The fraction of sp³-hybridized carbons (Fsp3) is 1.00. The molecule has 3 atom stereocenters. The monoisotopic (exact) mass is 412 g/mol. The van der Waals surface area contributed by atoms with Crippen molar-refractivity contribution in [3.63, 3.8) is 0 Å². The van der Waals surface area contributed by atoms with E-state index in [0.29, 0.717) is 13.1 Å². The predicted octanol–water partition coefficient (Wildman–Crippen LogP) is 0.919. The lowest BCUT2D eigenvalue weighted by molar-refractivity contribution is 0.179. The molecule has 0 aromatic carbocycles. The second kappa shape index (κ2) is 11.9.